The summed E-state index contributed by atoms with van der Waals surface area (Å²) in [7, 11) is 0. The summed E-state index contributed by atoms with van der Waals surface area (Å²) in [6.45, 7) is 3.05. The van der Waals surface area contributed by atoms with E-state index >= 15 is 0 Å². The molecule has 1 aromatic carbocycles. The van der Waals surface area contributed by atoms with E-state index in [0.717, 1.165) is 10.0 Å². The van der Waals surface area contributed by atoms with Crippen LogP contribution < -0.4 is 5.73 Å². The summed E-state index contributed by atoms with van der Waals surface area (Å²) >= 11 is 3.52. The molecule has 0 amide bonds. The van der Waals surface area contributed by atoms with Gasteiger partial charge in [0.05, 0.1) is 18.6 Å². The maximum absolute atomic E-state index is 6.07. The summed E-state index contributed by atoms with van der Waals surface area (Å²) < 4.78 is 11.9. The number of halogens is 1. The minimum atomic E-state index is -0.390. The molecule has 106 valence electrons. The minimum absolute atomic E-state index is 0.112. The van der Waals surface area contributed by atoms with Crippen molar-refractivity contribution in [3.8, 4) is 0 Å². The van der Waals surface area contributed by atoms with E-state index in [4.69, 9.17) is 15.0 Å². The molecule has 0 radical (unpaired) electrons. The third kappa shape index (κ3) is 2.39. The Morgan fingerprint density at radius 3 is 2.95 bits per heavy atom. The van der Waals surface area contributed by atoms with Crippen LogP contribution in [-0.4, -0.2) is 29.4 Å². The molecule has 1 aromatic heterocycles. The molecular weight excluding hydrogens is 322 g/mol. The topological polar surface area (TPSA) is 74.2 Å². The Balaban J connectivity index is 1.83. The molecule has 2 aromatic rings. The van der Waals surface area contributed by atoms with Crippen LogP contribution >= 0.6 is 15.9 Å². The van der Waals surface area contributed by atoms with Crippen LogP contribution in [0, 0.1) is 0 Å². The van der Waals surface area contributed by atoms with E-state index in [9.17, 15) is 0 Å². The molecule has 0 saturated carbocycles. The van der Waals surface area contributed by atoms with Gasteiger partial charge in [0, 0.05) is 16.9 Å². The monoisotopic (exact) mass is 337 g/mol. The fraction of sp³-hybridized carbons (Fsp3) is 0.429. The predicted octanol–water partition coefficient (Wildman–Crippen LogP) is 2.04. The first kappa shape index (κ1) is 13.7. The molecule has 1 aliphatic heterocycles. The van der Waals surface area contributed by atoms with Gasteiger partial charge >= 0.3 is 0 Å². The summed E-state index contributed by atoms with van der Waals surface area (Å²) in [5, 5.41) is 4.06. The van der Waals surface area contributed by atoms with Crippen LogP contribution in [0.1, 0.15) is 24.2 Å². The van der Waals surface area contributed by atoms with E-state index in [1.54, 1.807) is 0 Å². The molecule has 0 aliphatic carbocycles. The second-order valence-corrected chi connectivity index (χ2v) is 6.18. The number of nitrogens with two attached hydrogens (primary N) is 1. The van der Waals surface area contributed by atoms with Gasteiger partial charge in [-0.25, -0.2) is 0 Å². The standard InChI is InChI=1S/C14H16BrN3O2/c1-14(8-19-7-11(14)16)13-17-12(18-20-13)6-9-4-2-3-5-10(9)15/h2-5,11H,6-8,16H2,1H3. The summed E-state index contributed by atoms with van der Waals surface area (Å²) in [6, 6.07) is 7.89. The zero-order valence-corrected chi connectivity index (χ0v) is 12.8. The van der Waals surface area contributed by atoms with Crippen molar-refractivity contribution in [2.75, 3.05) is 13.2 Å². The fourth-order valence-corrected chi connectivity index (χ4v) is 2.70. The normalized spacial score (nSPS) is 26.1. The largest absolute Gasteiger partial charge is 0.379 e. The van der Waals surface area contributed by atoms with Crippen molar-refractivity contribution >= 4 is 15.9 Å². The van der Waals surface area contributed by atoms with Gasteiger partial charge in [-0.2, -0.15) is 4.98 Å². The number of rotatable bonds is 3. The van der Waals surface area contributed by atoms with Crippen molar-refractivity contribution in [1.82, 2.24) is 10.1 Å². The highest BCUT2D eigenvalue weighted by Gasteiger charge is 2.44. The van der Waals surface area contributed by atoms with Gasteiger partial charge in [-0.3, -0.25) is 0 Å². The van der Waals surface area contributed by atoms with Crippen molar-refractivity contribution in [2.24, 2.45) is 5.73 Å². The van der Waals surface area contributed by atoms with Crippen molar-refractivity contribution < 1.29 is 9.26 Å². The maximum Gasteiger partial charge on any atom is 0.236 e. The van der Waals surface area contributed by atoms with Gasteiger partial charge in [-0.05, 0) is 18.6 Å². The lowest BCUT2D eigenvalue weighted by Gasteiger charge is -2.21. The molecule has 1 aliphatic rings. The highest BCUT2D eigenvalue weighted by molar-refractivity contribution is 9.10. The van der Waals surface area contributed by atoms with Gasteiger partial charge < -0.3 is 15.0 Å². The van der Waals surface area contributed by atoms with Gasteiger partial charge in [0.15, 0.2) is 5.82 Å². The third-order valence-corrected chi connectivity index (χ3v) is 4.55. The molecule has 3 rings (SSSR count). The average molecular weight is 338 g/mol. The predicted molar refractivity (Wildman–Crippen MR) is 77.4 cm³/mol. The molecule has 20 heavy (non-hydrogen) atoms. The van der Waals surface area contributed by atoms with Crippen LogP contribution in [0.5, 0.6) is 0 Å². The highest BCUT2D eigenvalue weighted by atomic mass is 79.9. The maximum atomic E-state index is 6.07. The Morgan fingerprint density at radius 2 is 2.25 bits per heavy atom. The van der Waals surface area contributed by atoms with Crippen LogP contribution in [0.25, 0.3) is 0 Å². The molecule has 0 bridgehead atoms. The Morgan fingerprint density at radius 1 is 1.45 bits per heavy atom. The van der Waals surface area contributed by atoms with E-state index < -0.39 is 0 Å². The smallest absolute Gasteiger partial charge is 0.236 e. The summed E-state index contributed by atoms with van der Waals surface area (Å²) in [5.74, 6) is 1.22. The van der Waals surface area contributed by atoms with Gasteiger partial charge in [0.2, 0.25) is 5.89 Å². The van der Waals surface area contributed by atoms with E-state index in [1.807, 2.05) is 31.2 Å². The Labute approximate surface area is 125 Å². The zero-order valence-electron chi connectivity index (χ0n) is 11.2. The number of hydrogen-bond acceptors (Lipinski definition) is 5. The molecule has 1 saturated heterocycles. The first-order chi connectivity index (χ1) is 9.59. The van der Waals surface area contributed by atoms with Gasteiger partial charge in [0.1, 0.15) is 0 Å². The van der Waals surface area contributed by atoms with E-state index in [2.05, 4.69) is 26.1 Å². The minimum Gasteiger partial charge on any atom is -0.379 e. The molecule has 2 unspecified atom stereocenters. The van der Waals surface area contributed by atoms with E-state index in [-0.39, 0.29) is 11.5 Å². The first-order valence-corrected chi connectivity index (χ1v) is 7.29. The van der Waals surface area contributed by atoms with Crippen LogP contribution in [-0.2, 0) is 16.6 Å². The molecule has 2 heterocycles. The Kier molecular flexibility index (Phi) is 3.62. The second kappa shape index (κ2) is 5.27. The van der Waals surface area contributed by atoms with Gasteiger partial charge in [-0.15, -0.1) is 0 Å². The number of ether oxygens (including phenoxy) is 1. The molecule has 6 heteroatoms. The molecule has 2 N–H and O–H groups in total. The van der Waals surface area contributed by atoms with Crippen LogP contribution in [0.15, 0.2) is 33.3 Å². The highest BCUT2D eigenvalue weighted by Crippen LogP contribution is 2.31. The number of hydrogen-bond donors (Lipinski definition) is 1. The van der Waals surface area contributed by atoms with Crippen LogP contribution in [0.4, 0.5) is 0 Å². The van der Waals surface area contributed by atoms with Crippen LogP contribution in [0.3, 0.4) is 0 Å². The first-order valence-electron chi connectivity index (χ1n) is 6.49. The molecule has 2 atom stereocenters. The molecule has 1 fully saturated rings. The number of benzene rings is 1. The second-order valence-electron chi connectivity index (χ2n) is 5.32. The molecule has 0 spiro atoms. The lowest BCUT2D eigenvalue weighted by atomic mass is 9.86. The Bertz CT molecular complexity index is 616. The Hall–Kier alpha value is -1.24. The zero-order chi connectivity index (χ0) is 14.2. The quantitative estimate of drug-likeness (QED) is 0.927. The SMILES string of the molecule is CC1(c2nc(Cc3ccccc3Br)no2)COCC1N. The van der Waals surface area contributed by atoms with Gasteiger partial charge in [0.25, 0.3) is 0 Å². The molecule has 5 nitrogen and oxygen atoms in total. The third-order valence-electron chi connectivity index (χ3n) is 3.78. The summed E-state index contributed by atoms with van der Waals surface area (Å²) in [6.07, 6.45) is 0.622. The van der Waals surface area contributed by atoms with Crippen molar-refractivity contribution in [3.63, 3.8) is 0 Å². The van der Waals surface area contributed by atoms with Crippen molar-refractivity contribution in [1.29, 1.82) is 0 Å². The summed E-state index contributed by atoms with van der Waals surface area (Å²) in [4.78, 5) is 4.49. The lowest BCUT2D eigenvalue weighted by Crippen LogP contribution is -2.42. The average Bonchev–Trinajstić information content (AvgIpc) is 3.02. The van der Waals surface area contributed by atoms with Crippen molar-refractivity contribution in [3.05, 3.63) is 46.0 Å². The number of aromatic nitrogens is 2. The fourth-order valence-electron chi connectivity index (χ4n) is 2.28. The number of nitrogens with zero attached hydrogens (tertiary/aromatic N) is 2. The van der Waals surface area contributed by atoms with E-state index in [0.29, 0.717) is 31.3 Å². The lowest BCUT2D eigenvalue weighted by molar-refractivity contribution is 0.169. The van der Waals surface area contributed by atoms with Crippen LogP contribution in [0.2, 0.25) is 0 Å². The summed E-state index contributed by atoms with van der Waals surface area (Å²) in [5.41, 5.74) is 6.80. The van der Waals surface area contributed by atoms with E-state index in [1.165, 1.54) is 0 Å². The molecular formula is C14H16BrN3O2. The van der Waals surface area contributed by atoms with Gasteiger partial charge in [-0.1, -0.05) is 39.3 Å². The van der Waals surface area contributed by atoms with Crippen molar-refractivity contribution in [2.45, 2.75) is 24.8 Å².